The van der Waals surface area contributed by atoms with Crippen LogP contribution >= 0.6 is 11.6 Å². The summed E-state index contributed by atoms with van der Waals surface area (Å²) in [5.74, 6) is 0.598. The van der Waals surface area contributed by atoms with Crippen molar-refractivity contribution in [1.29, 1.82) is 0 Å². The SMILES string of the molecule is Clc1cc(-c2ccccc2)c2c(n1)C1CCN2CC1. The third kappa shape index (κ3) is 1.74. The van der Waals surface area contributed by atoms with E-state index in [1.807, 2.05) is 12.1 Å². The first-order valence-corrected chi connectivity index (χ1v) is 7.21. The van der Waals surface area contributed by atoms with Crippen molar-refractivity contribution in [3.05, 3.63) is 47.2 Å². The molecule has 0 saturated carbocycles. The molecule has 0 amide bonds. The van der Waals surface area contributed by atoms with Crippen LogP contribution < -0.4 is 4.90 Å². The summed E-state index contributed by atoms with van der Waals surface area (Å²) in [6.07, 6.45) is 2.43. The van der Waals surface area contributed by atoms with Gasteiger partial charge in [0.05, 0.1) is 11.4 Å². The van der Waals surface area contributed by atoms with Gasteiger partial charge in [-0.15, -0.1) is 0 Å². The Balaban J connectivity index is 1.97. The van der Waals surface area contributed by atoms with Crippen LogP contribution in [0.15, 0.2) is 36.4 Å². The van der Waals surface area contributed by atoms with Crippen LogP contribution in [0.5, 0.6) is 0 Å². The van der Waals surface area contributed by atoms with E-state index >= 15 is 0 Å². The molecule has 2 nitrogen and oxygen atoms in total. The van der Waals surface area contributed by atoms with Gasteiger partial charge in [0, 0.05) is 24.6 Å². The number of hydrogen-bond acceptors (Lipinski definition) is 2. The number of hydrogen-bond donors (Lipinski definition) is 0. The van der Waals surface area contributed by atoms with Crippen LogP contribution in [-0.2, 0) is 0 Å². The van der Waals surface area contributed by atoms with Gasteiger partial charge in [-0.3, -0.25) is 0 Å². The lowest BCUT2D eigenvalue weighted by molar-refractivity contribution is 0.464. The fourth-order valence-electron chi connectivity index (χ4n) is 3.36. The molecule has 2 aromatic rings. The Labute approximate surface area is 118 Å². The highest BCUT2D eigenvalue weighted by molar-refractivity contribution is 6.29. The van der Waals surface area contributed by atoms with Crippen LogP contribution in [0.4, 0.5) is 5.69 Å². The highest BCUT2D eigenvalue weighted by Crippen LogP contribution is 2.46. The largest absolute Gasteiger partial charge is 0.370 e. The number of fused-ring (bicyclic) bond motifs is 2. The summed E-state index contributed by atoms with van der Waals surface area (Å²) in [5, 5.41) is 0.617. The predicted molar refractivity (Wildman–Crippen MR) is 78.9 cm³/mol. The second kappa shape index (κ2) is 4.24. The molecule has 1 saturated heterocycles. The minimum absolute atomic E-state index is 0.598. The quantitative estimate of drug-likeness (QED) is 0.726. The molecule has 0 N–H and O–H groups in total. The summed E-state index contributed by atoms with van der Waals surface area (Å²) >= 11 is 6.24. The van der Waals surface area contributed by atoms with Crippen LogP contribution in [0.1, 0.15) is 24.5 Å². The number of pyridine rings is 1. The van der Waals surface area contributed by atoms with Crippen LogP contribution in [0.3, 0.4) is 0 Å². The van der Waals surface area contributed by atoms with Gasteiger partial charge in [-0.2, -0.15) is 0 Å². The van der Waals surface area contributed by atoms with E-state index in [0.29, 0.717) is 11.1 Å². The minimum Gasteiger partial charge on any atom is -0.370 e. The molecule has 4 heterocycles. The highest BCUT2D eigenvalue weighted by Gasteiger charge is 2.34. The average molecular weight is 271 g/mol. The summed E-state index contributed by atoms with van der Waals surface area (Å²) in [7, 11) is 0. The molecule has 19 heavy (non-hydrogen) atoms. The molecule has 3 aliphatic heterocycles. The maximum Gasteiger partial charge on any atom is 0.130 e. The molecule has 2 bridgehead atoms. The minimum atomic E-state index is 0.598. The Kier molecular flexibility index (Phi) is 2.52. The molecular weight excluding hydrogens is 256 g/mol. The van der Waals surface area contributed by atoms with Crippen LogP contribution in [0.2, 0.25) is 5.15 Å². The van der Waals surface area contributed by atoms with Gasteiger partial charge in [-0.05, 0) is 24.5 Å². The Bertz CT molecular complexity index is 616. The van der Waals surface area contributed by atoms with E-state index in [-0.39, 0.29) is 0 Å². The number of halogens is 1. The van der Waals surface area contributed by atoms with Crippen molar-refractivity contribution in [2.75, 3.05) is 18.0 Å². The number of piperidine rings is 1. The number of rotatable bonds is 1. The van der Waals surface area contributed by atoms with E-state index in [4.69, 9.17) is 11.6 Å². The number of nitrogens with zero attached hydrogens (tertiary/aromatic N) is 2. The summed E-state index contributed by atoms with van der Waals surface area (Å²) in [4.78, 5) is 7.08. The van der Waals surface area contributed by atoms with E-state index in [1.54, 1.807) is 0 Å². The van der Waals surface area contributed by atoms with E-state index in [9.17, 15) is 0 Å². The smallest absolute Gasteiger partial charge is 0.130 e. The van der Waals surface area contributed by atoms with E-state index in [2.05, 4.69) is 34.1 Å². The molecule has 5 rings (SSSR count). The Morgan fingerprint density at radius 3 is 2.58 bits per heavy atom. The predicted octanol–water partition coefficient (Wildman–Crippen LogP) is 4.10. The van der Waals surface area contributed by atoms with Crippen LogP contribution in [0, 0.1) is 0 Å². The van der Waals surface area contributed by atoms with Crippen molar-refractivity contribution in [2.45, 2.75) is 18.8 Å². The lowest BCUT2D eigenvalue weighted by Crippen LogP contribution is -2.39. The van der Waals surface area contributed by atoms with Gasteiger partial charge in [0.2, 0.25) is 0 Å². The second-order valence-corrected chi connectivity index (χ2v) is 5.74. The lowest BCUT2D eigenvalue weighted by Gasteiger charge is -2.42. The van der Waals surface area contributed by atoms with Gasteiger partial charge in [0.1, 0.15) is 5.15 Å². The van der Waals surface area contributed by atoms with Crippen molar-refractivity contribution in [2.24, 2.45) is 0 Å². The average Bonchev–Trinajstić information content (AvgIpc) is 2.48. The molecule has 3 heteroatoms. The Morgan fingerprint density at radius 2 is 1.84 bits per heavy atom. The summed E-state index contributed by atoms with van der Waals surface area (Å²) < 4.78 is 0. The third-order valence-corrected chi connectivity index (χ3v) is 4.46. The molecule has 96 valence electrons. The van der Waals surface area contributed by atoms with E-state index in [0.717, 1.165) is 13.1 Å². The lowest BCUT2D eigenvalue weighted by atomic mass is 9.84. The fourth-order valence-corrected chi connectivity index (χ4v) is 3.56. The molecule has 1 fully saturated rings. The molecule has 3 aliphatic rings. The monoisotopic (exact) mass is 270 g/mol. The molecule has 0 spiro atoms. The highest BCUT2D eigenvalue weighted by atomic mass is 35.5. The third-order valence-electron chi connectivity index (χ3n) is 4.27. The van der Waals surface area contributed by atoms with Crippen LogP contribution in [0.25, 0.3) is 11.1 Å². The molecular formula is C16H15ClN2. The van der Waals surface area contributed by atoms with Crippen molar-refractivity contribution in [3.8, 4) is 11.1 Å². The number of aromatic nitrogens is 1. The first kappa shape index (κ1) is 11.3. The Morgan fingerprint density at radius 1 is 1.11 bits per heavy atom. The van der Waals surface area contributed by atoms with Crippen molar-refractivity contribution < 1.29 is 0 Å². The Hall–Kier alpha value is -1.54. The second-order valence-electron chi connectivity index (χ2n) is 5.35. The number of anilines is 1. The molecule has 0 atom stereocenters. The van der Waals surface area contributed by atoms with Crippen molar-refractivity contribution >= 4 is 17.3 Å². The zero-order chi connectivity index (χ0) is 12.8. The van der Waals surface area contributed by atoms with Crippen molar-refractivity contribution in [1.82, 2.24) is 4.98 Å². The zero-order valence-electron chi connectivity index (χ0n) is 10.6. The first-order valence-electron chi connectivity index (χ1n) is 6.84. The summed E-state index contributed by atoms with van der Waals surface area (Å²) in [5.41, 5.74) is 5.00. The van der Waals surface area contributed by atoms with Gasteiger partial charge in [-0.25, -0.2) is 4.98 Å². The van der Waals surface area contributed by atoms with E-state index in [1.165, 1.54) is 35.3 Å². The van der Waals surface area contributed by atoms with Gasteiger partial charge in [0.25, 0.3) is 0 Å². The van der Waals surface area contributed by atoms with Gasteiger partial charge >= 0.3 is 0 Å². The first-order chi connectivity index (χ1) is 9.33. The molecule has 1 aromatic heterocycles. The molecule has 1 aromatic carbocycles. The maximum absolute atomic E-state index is 6.24. The van der Waals surface area contributed by atoms with Crippen LogP contribution in [-0.4, -0.2) is 18.1 Å². The van der Waals surface area contributed by atoms with E-state index < -0.39 is 0 Å². The fraction of sp³-hybridized carbons (Fsp3) is 0.312. The number of benzene rings is 1. The molecule has 0 unspecified atom stereocenters. The standard InChI is InChI=1S/C16H15ClN2/c17-14-10-13(11-4-2-1-3-5-11)16-15(18-14)12-6-8-19(16)9-7-12/h1-5,10,12H,6-9H2. The normalized spacial score (nSPS) is 17.6. The molecule has 0 radical (unpaired) electrons. The summed E-state index contributed by atoms with van der Waals surface area (Å²) in [6, 6.07) is 12.5. The zero-order valence-corrected chi connectivity index (χ0v) is 11.4. The molecule has 0 aliphatic carbocycles. The van der Waals surface area contributed by atoms with Crippen molar-refractivity contribution in [3.63, 3.8) is 0 Å². The van der Waals surface area contributed by atoms with Gasteiger partial charge < -0.3 is 4.90 Å². The topological polar surface area (TPSA) is 16.1 Å². The van der Waals surface area contributed by atoms with Gasteiger partial charge in [-0.1, -0.05) is 41.9 Å². The van der Waals surface area contributed by atoms with Gasteiger partial charge in [0.15, 0.2) is 0 Å². The summed E-state index contributed by atoms with van der Waals surface area (Å²) in [6.45, 7) is 2.31. The maximum atomic E-state index is 6.24.